The maximum Gasteiger partial charge on any atom is 0.267 e. The molecule has 0 unspecified atom stereocenters. The summed E-state index contributed by atoms with van der Waals surface area (Å²) in [6.45, 7) is 0.438. The van der Waals surface area contributed by atoms with Gasteiger partial charge in [-0.1, -0.05) is 19.3 Å². The Hall–Kier alpha value is -0.0900. The molecule has 2 fully saturated rings. The first-order valence-corrected chi connectivity index (χ1v) is 5.62. The highest BCUT2D eigenvalue weighted by atomic mass is 32.2. The van der Waals surface area contributed by atoms with Crippen LogP contribution < -0.4 is 0 Å². The van der Waals surface area contributed by atoms with Gasteiger partial charge in [0.05, 0.1) is 12.4 Å². The van der Waals surface area contributed by atoms with Crippen molar-refractivity contribution < 1.29 is 12.6 Å². The van der Waals surface area contributed by atoms with Crippen LogP contribution in [0.4, 0.5) is 0 Å². The van der Waals surface area contributed by atoms with E-state index in [0.29, 0.717) is 18.4 Å². The quantitative estimate of drug-likeness (QED) is 0.554. The second-order valence-corrected chi connectivity index (χ2v) is 5.14. The molecule has 0 N–H and O–H groups in total. The van der Waals surface area contributed by atoms with E-state index in [-0.39, 0.29) is 5.75 Å². The molecular formula is C7H12O3S. The Morgan fingerprint density at radius 2 is 1.91 bits per heavy atom. The molecule has 4 heteroatoms. The van der Waals surface area contributed by atoms with Crippen molar-refractivity contribution in [1.29, 1.82) is 0 Å². The van der Waals surface area contributed by atoms with E-state index in [4.69, 9.17) is 0 Å². The van der Waals surface area contributed by atoms with Crippen molar-refractivity contribution >= 4 is 10.1 Å². The zero-order chi connectivity index (χ0) is 7.90. The van der Waals surface area contributed by atoms with Crippen molar-refractivity contribution in [3.8, 4) is 0 Å². The molecule has 3 nitrogen and oxygen atoms in total. The van der Waals surface area contributed by atoms with E-state index >= 15 is 0 Å². The molecule has 0 aromatic rings. The Balaban J connectivity index is 1.99. The molecule has 1 aliphatic heterocycles. The Bertz CT molecular complexity index is 240. The molecule has 0 aromatic carbocycles. The summed E-state index contributed by atoms with van der Waals surface area (Å²) in [5.74, 6) is 1.19. The average molecular weight is 176 g/mol. The van der Waals surface area contributed by atoms with Gasteiger partial charge in [-0.25, -0.2) is 0 Å². The molecule has 11 heavy (non-hydrogen) atoms. The number of rotatable bonds is 1. The lowest BCUT2D eigenvalue weighted by atomic mass is 9.77. The third-order valence-electron chi connectivity index (χ3n) is 2.70. The molecule has 0 spiro atoms. The van der Waals surface area contributed by atoms with Crippen LogP contribution in [0.3, 0.4) is 0 Å². The van der Waals surface area contributed by atoms with Crippen molar-refractivity contribution in [3.05, 3.63) is 0 Å². The van der Waals surface area contributed by atoms with Gasteiger partial charge in [0.1, 0.15) is 0 Å². The lowest BCUT2D eigenvalue weighted by molar-refractivity contribution is 0.183. The topological polar surface area (TPSA) is 43.4 Å². The summed E-state index contributed by atoms with van der Waals surface area (Å²) < 4.78 is 26.4. The fourth-order valence-electron chi connectivity index (χ4n) is 1.73. The van der Waals surface area contributed by atoms with Crippen LogP contribution in [0, 0.1) is 11.8 Å². The van der Waals surface area contributed by atoms with Crippen molar-refractivity contribution in [2.24, 2.45) is 11.8 Å². The summed E-state index contributed by atoms with van der Waals surface area (Å²) in [7, 11) is -3.12. The molecule has 1 aliphatic carbocycles. The molecule has 1 heterocycles. The summed E-state index contributed by atoms with van der Waals surface area (Å²) >= 11 is 0. The van der Waals surface area contributed by atoms with E-state index in [1.165, 1.54) is 19.3 Å². The highest BCUT2D eigenvalue weighted by molar-refractivity contribution is 7.86. The van der Waals surface area contributed by atoms with E-state index in [1.54, 1.807) is 0 Å². The van der Waals surface area contributed by atoms with Crippen molar-refractivity contribution in [3.63, 3.8) is 0 Å². The monoisotopic (exact) mass is 176 g/mol. The normalized spacial score (nSPS) is 36.9. The Morgan fingerprint density at radius 3 is 2.27 bits per heavy atom. The maximum atomic E-state index is 10.9. The first-order chi connectivity index (χ1) is 5.17. The zero-order valence-corrected chi connectivity index (χ0v) is 7.14. The number of hydrogen-bond acceptors (Lipinski definition) is 3. The van der Waals surface area contributed by atoms with Crippen LogP contribution in [0.2, 0.25) is 0 Å². The SMILES string of the molecule is O=S1(=O)C[C@H](C2CCC2)CO1. The van der Waals surface area contributed by atoms with Gasteiger partial charge in [-0.05, 0) is 5.92 Å². The van der Waals surface area contributed by atoms with E-state index in [0.717, 1.165) is 0 Å². The van der Waals surface area contributed by atoms with Gasteiger partial charge in [-0.15, -0.1) is 0 Å². The van der Waals surface area contributed by atoms with Gasteiger partial charge in [-0.3, -0.25) is 4.18 Å². The molecular weight excluding hydrogens is 164 g/mol. The van der Waals surface area contributed by atoms with Gasteiger partial charge in [0.2, 0.25) is 0 Å². The minimum absolute atomic E-state index is 0.262. The minimum atomic E-state index is -3.12. The third kappa shape index (κ3) is 1.42. The molecule has 0 amide bonds. The fourth-order valence-corrected chi connectivity index (χ4v) is 3.10. The summed E-state index contributed by atoms with van der Waals surface area (Å²) in [5, 5.41) is 0. The smallest absolute Gasteiger partial charge is 0.267 e. The molecule has 1 saturated carbocycles. The Labute approximate surface area is 66.9 Å². The van der Waals surface area contributed by atoms with Crippen molar-refractivity contribution in [2.45, 2.75) is 19.3 Å². The predicted molar refractivity (Wildman–Crippen MR) is 40.6 cm³/mol. The second kappa shape index (κ2) is 2.45. The average Bonchev–Trinajstić information content (AvgIpc) is 2.05. The van der Waals surface area contributed by atoms with Crippen LogP contribution in [-0.2, 0) is 14.3 Å². The molecule has 1 saturated heterocycles. The van der Waals surface area contributed by atoms with Crippen LogP contribution in [0.25, 0.3) is 0 Å². The van der Waals surface area contributed by atoms with E-state index in [9.17, 15) is 8.42 Å². The lowest BCUT2D eigenvalue weighted by Gasteiger charge is -2.29. The molecule has 0 aromatic heterocycles. The van der Waals surface area contributed by atoms with Crippen LogP contribution in [0.15, 0.2) is 0 Å². The standard InChI is InChI=1S/C7H12O3S/c8-11(9)5-7(4-10-11)6-2-1-3-6/h6-7H,1-5H2/t7-/m1/s1. The van der Waals surface area contributed by atoms with E-state index in [2.05, 4.69) is 4.18 Å². The van der Waals surface area contributed by atoms with Crippen LogP contribution in [0.5, 0.6) is 0 Å². The summed E-state index contributed by atoms with van der Waals surface area (Å²) in [5.41, 5.74) is 0. The van der Waals surface area contributed by atoms with Crippen molar-refractivity contribution in [2.75, 3.05) is 12.4 Å². The van der Waals surface area contributed by atoms with E-state index < -0.39 is 10.1 Å². The van der Waals surface area contributed by atoms with Gasteiger partial charge in [0.15, 0.2) is 0 Å². The van der Waals surface area contributed by atoms with Crippen LogP contribution >= 0.6 is 0 Å². The summed E-state index contributed by atoms with van der Waals surface area (Å²) in [6, 6.07) is 0. The van der Waals surface area contributed by atoms with Gasteiger partial charge in [0, 0.05) is 5.92 Å². The second-order valence-electron chi connectivity index (χ2n) is 3.46. The molecule has 0 radical (unpaired) electrons. The molecule has 2 aliphatic rings. The van der Waals surface area contributed by atoms with Crippen molar-refractivity contribution in [1.82, 2.24) is 0 Å². The minimum Gasteiger partial charge on any atom is -0.270 e. The first-order valence-electron chi connectivity index (χ1n) is 4.04. The Morgan fingerprint density at radius 1 is 1.18 bits per heavy atom. The summed E-state index contributed by atoms with van der Waals surface area (Å²) in [6.07, 6.45) is 3.66. The van der Waals surface area contributed by atoms with Gasteiger partial charge < -0.3 is 0 Å². The number of hydrogen-bond donors (Lipinski definition) is 0. The fraction of sp³-hybridized carbons (Fsp3) is 1.00. The lowest BCUT2D eigenvalue weighted by Crippen LogP contribution is -2.24. The summed E-state index contributed by atoms with van der Waals surface area (Å²) in [4.78, 5) is 0. The van der Waals surface area contributed by atoms with Crippen LogP contribution in [0.1, 0.15) is 19.3 Å². The van der Waals surface area contributed by atoms with Crippen LogP contribution in [-0.4, -0.2) is 20.8 Å². The van der Waals surface area contributed by atoms with Gasteiger partial charge in [0.25, 0.3) is 10.1 Å². The maximum absolute atomic E-state index is 10.9. The predicted octanol–water partition coefficient (Wildman–Crippen LogP) is 0.763. The third-order valence-corrected chi connectivity index (χ3v) is 4.03. The largest absolute Gasteiger partial charge is 0.270 e. The molecule has 0 bridgehead atoms. The van der Waals surface area contributed by atoms with Gasteiger partial charge in [-0.2, -0.15) is 8.42 Å². The van der Waals surface area contributed by atoms with Gasteiger partial charge >= 0.3 is 0 Å². The Kier molecular flexibility index (Phi) is 1.68. The first kappa shape index (κ1) is 7.55. The molecule has 2 rings (SSSR count). The highest BCUT2D eigenvalue weighted by Gasteiger charge is 2.36. The molecule has 1 atom stereocenters. The molecule has 64 valence electrons. The zero-order valence-electron chi connectivity index (χ0n) is 6.32. The van der Waals surface area contributed by atoms with E-state index in [1.807, 2.05) is 0 Å². The highest BCUT2D eigenvalue weighted by Crippen LogP contribution is 2.36.